The van der Waals surface area contributed by atoms with Crippen molar-refractivity contribution >= 4 is 23.5 Å². The Morgan fingerprint density at radius 3 is 2.61 bits per heavy atom. The first kappa shape index (κ1) is 14.5. The van der Waals surface area contributed by atoms with Crippen LogP contribution >= 0.6 is 11.6 Å². The number of aromatic nitrogens is 1. The third kappa shape index (κ3) is 3.48. The van der Waals surface area contributed by atoms with Crippen LogP contribution in [-0.4, -0.2) is 39.3 Å². The Balaban J connectivity index is 2.75. The molecule has 1 amide bonds. The molecule has 0 saturated carbocycles. The largest absolute Gasteiger partial charge is 0.479 e. The van der Waals surface area contributed by atoms with Gasteiger partial charge >= 0.3 is 5.97 Å². The standard InChI is InChI=1S/C11H15ClN2O4/c1-6(2)14-5-7(12)3-8(14)10(16)13-4-9(15)11(17)18/h3,5-6,9,15H,4H2,1-2H3,(H,13,16)(H,17,18). The molecule has 7 heteroatoms. The molecular weight excluding hydrogens is 260 g/mol. The van der Waals surface area contributed by atoms with Gasteiger partial charge in [0.15, 0.2) is 6.10 Å². The lowest BCUT2D eigenvalue weighted by Crippen LogP contribution is -2.37. The van der Waals surface area contributed by atoms with Crippen LogP contribution in [0, 0.1) is 0 Å². The van der Waals surface area contributed by atoms with Gasteiger partial charge < -0.3 is 20.1 Å². The zero-order valence-electron chi connectivity index (χ0n) is 10.1. The molecule has 100 valence electrons. The van der Waals surface area contributed by atoms with Crippen LogP contribution in [0.4, 0.5) is 0 Å². The number of aliphatic hydroxyl groups excluding tert-OH is 1. The topological polar surface area (TPSA) is 91.6 Å². The van der Waals surface area contributed by atoms with Crippen molar-refractivity contribution in [3.05, 3.63) is 23.0 Å². The fourth-order valence-electron chi connectivity index (χ4n) is 1.42. The highest BCUT2D eigenvalue weighted by Crippen LogP contribution is 2.18. The van der Waals surface area contributed by atoms with Gasteiger partial charge in [-0.1, -0.05) is 11.6 Å². The van der Waals surface area contributed by atoms with Crippen molar-refractivity contribution in [3.63, 3.8) is 0 Å². The van der Waals surface area contributed by atoms with Gasteiger partial charge in [-0.25, -0.2) is 4.79 Å². The quantitative estimate of drug-likeness (QED) is 0.744. The number of carbonyl (C=O) groups is 2. The molecule has 0 aromatic carbocycles. The molecule has 18 heavy (non-hydrogen) atoms. The number of amides is 1. The van der Waals surface area contributed by atoms with E-state index >= 15 is 0 Å². The number of nitrogens with one attached hydrogen (secondary N) is 1. The third-order valence-electron chi connectivity index (χ3n) is 2.35. The number of aliphatic carboxylic acids is 1. The van der Waals surface area contributed by atoms with Crippen LogP contribution in [-0.2, 0) is 4.79 Å². The number of carbonyl (C=O) groups excluding carboxylic acids is 1. The van der Waals surface area contributed by atoms with E-state index in [1.807, 2.05) is 13.8 Å². The number of nitrogens with zero attached hydrogens (tertiary/aromatic N) is 1. The molecule has 0 bridgehead atoms. The van der Waals surface area contributed by atoms with Crippen molar-refractivity contribution in [2.75, 3.05) is 6.54 Å². The zero-order valence-corrected chi connectivity index (χ0v) is 10.8. The van der Waals surface area contributed by atoms with Gasteiger partial charge in [-0.3, -0.25) is 4.79 Å². The fourth-order valence-corrected chi connectivity index (χ4v) is 1.63. The molecule has 1 aromatic rings. The van der Waals surface area contributed by atoms with Gasteiger partial charge in [-0.2, -0.15) is 0 Å². The summed E-state index contributed by atoms with van der Waals surface area (Å²) in [5, 5.41) is 20.3. The van der Waals surface area contributed by atoms with Crippen LogP contribution in [0.15, 0.2) is 12.3 Å². The predicted molar refractivity (Wildman–Crippen MR) is 65.8 cm³/mol. The van der Waals surface area contributed by atoms with Crippen molar-refractivity contribution in [3.8, 4) is 0 Å². The number of halogens is 1. The van der Waals surface area contributed by atoms with Crippen LogP contribution in [0.25, 0.3) is 0 Å². The van der Waals surface area contributed by atoms with E-state index < -0.39 is 18.0 Å². The highest BCUT2D eigenvalue weighted by atomic mass is 35.5. The van der Waals surface area contributed by atoms with Crippen molar-refractivity contribution in [1.29, 1.82) is 0 Å². The monoisotopic (exact) mass is 274 g/mol. The van der Waals surface area contributed by atoms with E-state index in [9.17, 15) is 9.59 Å². The summed E-state index contributed by atoms with van der Waals surface area (Å²) in [5.74, 6) is -1.86. The second kappa shape index (κ2) is 5.88. The molecule has 1 aromatic heterocycles. The Hall–Kier alpha value is -1.53. The maximum absolute atomic E-state index is 11.8. The molecule has 1 heterocycles. The first-order valence-electron chi connectivity index (χ1n) is 5.39. The van der Waals surface area contributed by atoms with E-state index in [2.05, 4.69) is 5.32 Å². The van der Waals surface area contributed by atoms with E-state index in [1.54, 1.807) is 10.8 Å². The predicted octanol–water partition coefficient (Wildman–Crippen LogP) is 0.898. The zero-order chi connectivity index (χ0) is 13.9. The molecule has 0 aliphatic heterocycles. The summed E-state index contributed by atoms with van der Waals surface area (Å²) in [5.41, 5.74) is 0.326. The van der Waals surface area contributed by atoms with E-state index in [0.29, 0.717) is 10.7 Å². The fraction of sp³-hybridized carbons (Fsp3) is 0.455. The Labute approximate surface area is 109 Å². The lowest BCUT2D eigenvalue weighted by molar-refractivity contribution is -0.146. The van der Waals surface area contributed by atoms with E-state index in [4.69, 9.17) is 21.8 Å². The van der Waals surface area contributed by atoms with Gasteiger partial charge in [0.1, 0.15) is 5.69 Å². The molecule has 0 aliphatic carbocycles. The maximum atomic E-state index is 11.8. The van der Waals surface area contributed by atoms with Gasteiger partial charge in [-0.15, -0.1) is 0 Å². The average Bonchev–Trinajstić information content (AvgIpc) is 2.67. The number of aliphatic hydroxyl groups is 1. The van der Waals surface area contributed by atoms with Crippen LogP contribution in [0.2, 0.25) is 5.02 Å². The van der Waals surface area contributed by atoms with Gasteiger partial charge in [-0.05, 0) is 19.9 Å². The molecule has 0 fully saturated rings. The van der Waals surface area contributed by atoms with Crippen molar-refractivity contribution in [2.45, 2.75) is 26.0 Å². The van der Waals surface area contributed by atoms with Crippen molar-refractivity contribution < 1.29 is 19.8 Å². The molecular formula is C11H15ClN2O4. The number of hydrogen-bond donors (Lipinski definition) is 3. The summed E-state index contributed by atoms with van der Waals surface area (Å²) >= 11 is 5.82. The van der Waals surface area contributed by atoms with Gasteiger partial charge in [0.05, 0.1) is 11.6 Å². The molecule has 6 nitrogen and oxygen atoms in total. The SMILES string of the molecule is CC(C)n1cc(Cl)cc1C(=O)NCC(O)C(=O)O. The van der Waals surface area contributed by atoms with Gasteiger partial charge in [0.25, 0.3) is 5.91 Å². The Bertz CT molecular complexity index is 456. The van der Waals surface area contributed by atoms with Crippen LogP contribution < -0.4 is 5.32 Å². The first-order valence-corrected chi connectivity index (χ1v) is 5.77. The summed E-state index contributed by atoms with van der Waals surface area (Å²) in [6.45, 7) is 3.42. The van der Waals surface area contributed by atoms with E-state index in [1.165, 1.54) is 6.07 Å². The highest BCUT2D eigenvalue weighted by molar-refractivity contribution is 6.31. The third-order valence-corrected chi connectivity index (χ3v) is 2.55. The molecule has 1 atom stereocenters. The van der Waals surface area contributed by atoms with Crippen molar-refractivity contribution in [1.82, 2.24) is 9.88 Å². The molecule has 1 unspecified atom stereocenters. The minimum absolute atomic E-state index is 0.0441. The van der Waals surface area contributed by atoms with Crippen LogP contribution in [0.1, 0.15) is 30.4 Å². The number of hydrogen-bond acceptors (Lipinski definition) is 3. The molecule has 0 spiro atoms. The summed E-state index contributed by atoms with van der Waals surface area (Å²) in [6.07, 6.45) is 0.00118. The van der Waals surface area contributed by atoms with E-state index in [-0.39, 0.29) is 12.6 Å². The maximum Gasteiger partial charge on any atom is 0.334 e. The molecule has 0 radical (unpaired) electrons. The normalized spacial score (nSPS) is 12.5. The minimum atomic E-state index is -1.62. The van der Waals surface area contributed by atoms with E-state index in [0.717, 1.165) is 0 Å². The second-order valence-corrected chi connectivity index (χ2v) is 4.55. The summed E-state index contributed by atoms with van der Waals surface area (Å²) in [6, 6.07) is 1.53. The van der Waals surface area contributed by atoms with Gasteiger partial charge in [0.2, 0.25) is 0 Å². The lowest BCUT2D eigenvalue weighted by atomic mass is 10.3. The second-order valence-electron chi connectivity index (χ2n) is 4.11. The Morgan fingerprint density at radius 2 is 2.11 bits per heavy atom. The summed E-state index contributed by atoms with van der Waals surface area (Å²) in [4.78, 5) is 22.2. The average molecular weight is 275 g/mol. The van der Waals surface area contributed by atoms with Crippen molar-refractivity contribution in [2.24, 2.45) is 0 Å². The minimum Gasteiger partial charge on any atom is -0.479 e. The van der Waals surface area contributed by atoms with Crippen LogP contribution in [0.5, 0.6) is 0 Å². The first-order chi connectivity index (χ1) is 8.32. The highest BCUT2D eigenvalue weighted by Gasteiger charge is 2.18. The summed E-state index contributed by atoms with van der Waals surface area (Å²) in [7, 11) is 0. The lowest BCUT2D eigenvalue weighted by Gasteiger charge is -2.13. The molecule has 1 rings (SSSR count). The smallest absolute Gasteiger partial charge is 0.334 e. The molecule has 3 N–H and O–H groups in total. The number of carboxylic acid groups (broad SMARTS) is 1. The Kier molecular flexibility index (Phi) is 4.75. The Morgan fingerprint density at radius 1 is 1.50 bits per heavy atom. The van der Waals surface area contributed by atoms with Crippen LogP contribution in [0.3, 0.4) is 0 Å². The molecule has 0 saturated heterocycles. The molecule has 0 aliphatic rings. The summed E-state index contributed by atoms with van der Waals surface area (Å²) < 4.78 is 1.67. The number of carboxylic acids is 1. The number of rotatable bonds is 5. The van der Waals surface area contributed by atoms with Gasteiger partial charge in [0, 0.05) is 12.2 Å².